The highest BCUT2D eigenvalue weighted by Crippen LogP contribution is 2.06. The third kappa shape index (κ3) is 6.09. The minimum Gasteiger partial charge on any atom is -0.395 e. The second-order valence-electron chi connectivity index (χ2n) is 3.79. The Balaban J connectivity index is 4.44. The van der Waals surface area contributed by atoms with E-state index in [1.165, 1.54) is 11.4 Å². The number of aliphatic hydroxyl groups is 1. The summed E-state index contributed by atoms with van der Waals surface area (Å²) in [4.78, 5) is 0. The summed E-state index contributed by atoms with van der Waals surface area (Å²) >= 11 is 0. The first-order valence-corrected chi connectivity index (χ1v) is 6.62. The maximum Gasteiger partial charge on any atom is 0.214 e. The standard InChI is InChI=1S/C9H21NO4S/c1-9(2)8-15(12,13)10(4-6-11)5-7-14-3/h9,11H,4-8H2,1-3H3. The van der Waals surface area contributed by atoms with Gasteiger partial charge in [0.1, 0.15) is 0 Å². The average molecular weight is 239 g/mol. The molecule has 15 heavy (non-hydrogen) atoms. The van der Waals surface area contributed by atoms with Crippen molar-refractivity contribution in [2.75, 3.05) is 39.2 Å². The van der Waals surface area contributed by atoms with Gasteiger partial charge in [0.2, 0.25) is 10.0 Å². The molecule has 0 spiro atoms. The van der Waals surface area contributed by atoms with E-state index in [4.69, 9.17) is 9.84 Å². The van der Waals surface area contributed by atoms with Crippen molar-refractivity contribution in [3.05, 3.63) is 0 Å². The molecule has 1 N–H and O–H groups in total. The van der Waals surface area contributed by atoms with E-state index in [9.17, 15) is 8.42 Å². The zero-order valence-corrected chi connectivity index (χ0v) is 10.5. The summed E-state index contributed by atoms with van der Waals surface area (Å²) in [6, 6.07) is 0. The van der Waals surface area contributed by atoms with E-state index < -0.39 is 10.0 Å². The van der Waals surface area contributed by atoms with Gasteiger partial charge in [0.25, 0.3) is 0 Å². The molecule has 0 aromatic heterocycles. The highest BCUT2D eigenvalue weighted by Gasteiger charge is 2.22. The summed E-state index contributed by atoms with van der Waals surface area (Å²) in [5, 5.41) is 8.79. The van der Waals surface area contributed by atoms with E-state index in [1.54, 1.807) is 0 Å². The van der Waals surface area contributed by atoms with E-state index >= 15 is 0 Å². The van der Waals surface area contributed by atoms with Crippen molar-refractivity contribution in [1.82, 2.24) is 4.31 Å². The summed E-state index contributed by atoms with van der Waals surface area (Å²) in [6.45, 7) is 4.32. The average Bonchev–Trinajstić information content (AvgIpc) is 2.09. The van der Waals surface area contributed by atoms with Crippen LogP contribution in [0.3, 0.4) is 0 Å². The van der Waals surface area contributed by atoms with Crippen molar-refractivity contribution in [1.29, 1.82) is 0 Å². The summed E-state index contributed by atoms with van der Waals surface area (Å²) in [5.41, 5.74) is 0. The van der Waals surface area contributed by atoms with Gasteiger partial charge in [-0.3, -0.25) is 0 Å². The van der Waals surface area contributed by atoms with Crippen LogP contribution in [-0.4, -0.2) is 57.0 Å². The number of hydrogen-bond acceptors (Lipinski definition) is 4. The Morgan fingerprint density at radius 3 is 2.33 bits per heavy atom. The zero-order chi connectivity index (χ0) is 11.9. The van der Waals surface area contributed by atoms with Gasteiger partial charge in [0.15, 0.2) is 0 Å². The molecule has 0 atom stereocenters. The lowest BCUT2D eigenvalue weighted by molar-refractivity contribution is 0.168. The first-order chi connectivity index (χ1) is 6.94. The van der Waals surface area contributed by atoms with Gasteiger partial charge in [-0.1, -0.05) is 13.8 Å². The first-order valence-electron chi connectivity index (χ1n) is 5.01. The van der Waals surface area contributed by atoms with Crippen molar-refractivity contribution < 1.29 is 18.3 Å². The summed E-state index contributed by atoms with van der Waals surface area (Å²) in [5.74, 6) is 0.190. The number of ether oxygens (including phenoxy) is 1. The zero-order valence-electron chi connectivity index (χ0n) is 9.64. The van der Waals surface area contributed by atoms with Crippen molar-refractivity contribution in [2.45, 2.75) is 13.8 Å². The van der Waals surface area contributed by atoms with Crippen LogP contribution in [0.15, 0.2) is 0 Å². The second kappa shape index (κ2) is 7.16. The Hall–Kier alpha value is -0.170. The smallest absolute Gasteiger partial charge is 0.214 e. The van der Waals surface area contributed by atoms with E-state index in [1.807, 2.05) is 13.8 Å². The Morgan fingerprint density at radius 1 is 1.33 bits per heavy atom. The quantitative estimate of drug-likeness (QED) is 0.643. The molecule has 0 aromatic carbocycles. The predicted molar refractivity (Wildman–Crippen MR) is 59.2 cm³/mol. The lowest BCUT2D eigenvalue weighted by Gasteiger charge is -2.21. The SMILES string of the molecule is COCCN(CCO)S(=O)(=O)CC(C)C. The molecule has 0 aliphatic carbocycles. The normalized spacial score (nSPS) is 12.7. The van der Waals surface area contributed by atoms with Gasteiger partial charge in [-0.15, -0.1) is 0 Å². The number of aliphatic hydroxyl groups excluding tert-OH is 1. The van der Waals surface area contributed by atoms with E-state index in [0.29, 0.717) is 13.2 Å². The molecule has 0 saturated heterocycles. The first kappa shape index (κ1) is 14.8. The molecule has 0 fully saturated rings. The second-order valence-corrected chi connectivity index (χ2v) is 5.80. The topological polar surface area (TPSA) is 66.8 Å². The Labute approximate surface area is 92.1 Å². The Morgan fingerprint density at radius 2 is 1.93 bits per heavy atom. The van der Waals surface area contributed by atoms with E-state index in [2.05, 4.69) is 0 Å². The number of sulfonamides is 1. The van der Waals surface area contributed by atoms with Gasteiger partial charge in [-0.2, -0.15) is 4.31 Å². The molecule has 0 rings (SSSR count). The van der Waals surface area contributed by atoms with Crippen molar-refractivity contribution in [3.8, 4) is 0 Å². The van der Waals surface area contributed by atoms with Gasteiger partial charge in [0, 0.05) is 20.2 Å². The highest BCUT2D eigenvalue weighted by molar-refractivity contribution is 7.89. The van der Waals surface area contributed by atoms with Crippen LogP contribution >= 0.6 is 0 Å². The molecular weight excluding hydrogens is 218 g/mol. The van der Waals surface area contributed by atoms with Crippen molar-refractivity contribution in [2.24, 2.45) is 5.92 Å². The lowest BCUT2D eigenvalue weighted by atomic mass is 10.3. The predicted octanol–water partition coefficient (Wildman–Crippen LogP) is -0.0871. The van der Waals surface area contributed by atoms with E-state index in [-0.39, 0.29) is 24.8 Å². The van der Waals surface area contributed by atoms with Gasteiger partial charge >= 0.3 is 0 Å². The fourth-order valence-corrected chi connectivity index (χ4v) is 2.99. The van der Waals surface area contributed by atoms with Crippen LogP contribution in [0.5, 0.6) is 0 Å². The lowest BCUT2D eigenvalue weighted by Crippen LogP contribution is -2.38. The van der Waals surface area contributed by atoms with Crippen LogP contribution in [0.4, 0.5) is 0 Å². The van der Waals surface area contributed by atoms with Crippen LogP contribution in [-0.2, 0) is 14.8 Å². The fourth-order valence-electron chi connectivity index (χ4n) is 1.22. The largest absolute Gasteiger partial charge is 0.395 e. The van der Waals surface area contributed by atoms with Crippen LogP contribution in [0.2, 0.25) is 0 Å². The van der Waals surface area contributed by atoms with Crippen LogP contribution in [0.25, 0.3) is 0 Å². The molecule has 0 radical (unpaired) electrons. The maximum atomic E-state index is 11.8. The third-order valence-corrected chi connectivity index (χ3v) is 4.07. The van der Waals surface area contributed by atoms with Crippen molar-refractivity contribution >= 4 is 10.0 Å². The Bertz CT molecular complexity index is 251. The van der Waals surface area contributed by atoms with Gasteiger partial charge < -0.3 is 9.84 Å². The number of hydrogen-bond donors (Lipinski definition) is 1. The van der Waals surface area contributed by atoms with Gasteiger partial charge in [-0.25, -0.2) is 8.42 Å². The summed E-state index contributed by atoms with van der Waals surface area (Å²) in [7, 11) is -1.74. The number of methoxy groups -OCH3 is 1. The molecule has 6 heteroatoms. The van der Waals surface area contributed by atoms with Gasteiger partial charge in [0.05, 0.1) is 19.0 Å². The van der Waals surface area contributed by atoms with E-state index in [0.717, 1.165) is 0 Å². The summed E-state index contributed by atoms with van der Waals surface area (Å²) in [6.07, 6.45) is 0. The van der Waals surface area contributed by atoms with Crippen LogP contribution < -0.4 is 0 Å². The molecule has 5 nitrogen and oxygen atoms in total. The third-order valence-electron chi connectivity index (χ3n) is 1.83. The molecule has 0 amide bonds. The molecule has 0 saturated carbocycles. The fraction of sp³-hybridized carbons (Fsp3) is 1.00. The molecule has 0 heterocycles. The molecule has 0 aliphatic heterocycles. The highest BCUT2D eigenvalue weighted by atomic mass is 32.2. The molecule has 0 aliphatic rings. The maximum absolute atomic E-state index is 11.8. The van der Waals surface area contributed by atoms with Crippen LogP contribution in [0.1, 0.15) is 13.8 Å². The minimum atomic E-state index is -3.26. The van der Waals surface area contributed by atoms with Gasteiger partial charge in [-0.05, 0) is 5.92 Å². The molecular formula is C9H21NO4S. The molecule has 0 unspecified atom stereocenters. The van der Waals surface area contributed by atoms with Crippen molar-refractivity contribution in [3.63, 3.8) is 0 Å². The van der Waals surface area contributed by atoms with Crippen LogP contribution in [0, 0.1) is 5.92 Å². The molecule has 0 bridgehead atoms. The Kier molecular flexibility index (Phi) is 7.08. The summed E-state index contributed by atoms with van der Waals surface area (Å²) < 4.78 is 29.7. The minimum absolute atomic E-state index is 0.0822. The number of nitrogens with zero attached hydrogens (tertiary/aromatic N) is 1. The molecule has 0 aromatic rings. The molecule has 92 valence electrons. The monoisotopic (exact) mass is 239 g/mol. The number of rotatable bonds is 8.